The Morgan fingerprint density at radius 2 is 2.17 bits per heavy atom. The first kappa shape index (κ1) is 13.3. The van der Waals surface area contributed by atoms with E-state index in [2.05, 4.69) is 36.2 Å². The molecular formula is C13H19ClN4. The summed E-state index contributed by atoms with van der Waals surface area (Å²) in [6, 6.07) is 4.29. The highest BCUT2D eigenvalue weighted by Crippen LogP contribution is 2.11. The Morgan fingerprint density at radius 3 is 2.89 bits per heavy atom. The third kappa shape index (κ3) is 3.22. The van der Waals surface area contributed by atoms with Crippen molar-refractivity contribution in [3.63, 3.8) is 0 Å². The minimum atomic E-state index is 0.511. The van der Waals surface area contributed by atoms with Crippen molar-refractivity contribution in [2.45, 2.75) is 19.5 Å². The number of hydrogen-bond donors (Lipinski definition) is 1. The number of imidazole rings is 1. The summed E-state index contributed by atoms with van der Waals surface area (Å²) in [5.41, 5.74) is 1.96. The maximum absolute atomic E-state index is 5.94. The summed E-state index contributed by atoms with van der Waals surface area (Å²) in [6.07, 6.45) is 3.88. The zero-order valence-electron chi connectivity index (χ0n) is 11.0. The first-order chi connectivity index (χ1) is 8.56. The first-order valence-electron chi connectivity index (χ1n) is 6.06. The molecule has 2 aromatic rings. The average Bonchev–Trinajstić information content (AvgIpc) is 2.70. The van der Waals surface area contributed by atoms with E-state index in [1.165, 1.54) is 0 Å². The van der Waals surface area contributed by atoms with E-state index in [1.807, 2.05) is 28.9 Å². The quantitative estimate of drug-likeness (QED) is 0.899. The third-order valence-corrected chi connectivity index (χ3v) is 3.32. The van der Waals surface area contributed by atoms with Crippen LogP contribution in [0.15, 0.2) is 24.5 Å². The van der Waals surface area contributed by atoms with Crippen LogP contribution in [0, 0.1) is 0 Å². The summed E-state index contributed by atoms with van der Waals surface area (Å²) in [5.74, 6) is 0. The maximum Gasteiger partial charge on any atom is 0.137 e. The fourth-order valence-corrected chi connectivity index (χ4v) is 1.86. The molecule has 98 valence electrons. The topological polar surface area (TPSA) is 32.6 Å². The van der Waals surface area contributed by atoms with Crippen molar-refractivity contribution in [2.75, 3.05) is 20.6 Å². The molecule has 0 spiro atoms. The van der Waals surface area contributed by atoms with Crippen molar-refractivity contribution in [1.82, 2.24) is 19.6 Å². The second-order valence-electron chi connectivity index (χ2n) is 4.79. The Hall–Kier alpha value is -1.10. The highest BCUT2D eigenvalue weighted by Gasteiger charge is 2.05. The first-order valence-corrected chi connectivity index (χ1v) is 6.44. The molecule has 0 amide bonds. The Morgan fingerprint density at radius 1 is 1.39 bits per heavy atom. The Labute approximate surface area is 113 Å². The van der Waals surface area contributed by atoms with Crippen LogP contribution in [0.5, 0.6) is 0 Å². The number of halogens is 1. The van der Waals surface area contributed by atoms with Crippen molar-refractivity contribution in [1.29, 1.82) is 0 Å². The van der Waals surface area contributed by atoms with Gasteiger partial charge in [-0.25, -0.2) is 4.98 Å². The van der Waals surface area contributed by atoms with Gasteiger partial charge in [0.15, 0.2) is 0 Å². The number of aromatic nitrogens is 2. The van der Waals surface area contributed by atoms with E-state index < -0.39 is 0 Å². The smallest absolute Gasteiger partial charge is 0.137 e. The fourth-order valence-electron chi connectivity index (χ4n) is 1.69. The highest BCUT2D eigenvalue weighted by molar-refractivity contribution is 6.30. The molecule has 2 rings (SSSR count). The molecule has 4 nitrogen and oxygen atoms in total. The summed E-state index contributed by atoms with van der Waals surface area (Å²) in [7, 11) is 4.17. The number of rotatable bonds is 5. The lowest BCUT2D eigenvalue weighted by Crippen LogP contribution is -2.35. The Bertz CT molecular complexity index is 521. The lowest BCUT2D eigenvalue weighted by Gasteiger charge is -2.19. The lowest BCUT2D eigenvalue weighted by molar-refractivity contribution is 0.302. The molecule has 0 aliphatic heterocycles. The molecule has 1 atom stereocenters. The van der Waals surface area contributed by atoms with E-state index in [-0.39, 0.29) is 0 Å². The number of nitrogens with zero attached hydrogens (tertiary/aromatic N) is 3. The molecule has 0 aliphatic carbocycles. The van der Waals surface area contributed by atoms with Crippen molar-refractivity contribution in [2.24, 2.45) is 0 Å². The van der Waals surface area contributed by atoms with Crippen LogP contribution in [0.4, 0.5) is 0 Å². The SMILES string of the molecule is CC(CNCc1cn2cc(Cl)ccc2n1)N(C)C. The molecule has 1 N–H and O–H groups in total. The van der Waals surface area contributed by atoms with E-state index in [1.54, 1.807) is 0 Å². The van der Waals surface area contributed by atoms with Crippen molar-refractivity contribution in [3.8, 4) is 0 Å². The zero-order chi connectivity index (χ0) is 13.1. The standard InChI is InChI=1S/C13H19ClN4/c1-10(17(2)3)6-15-7-12-9-18-8-11(14)4-5-13(18)16-12/h4-5,8-10,15H,6-7H2,1-3H3. The number of hydrogen-bond acceptors (Lipinski definition) is 3. The normalized spacial score (nSPS) is 13.4. The van der Waals surface area contributed by atoms with E-state index >= 15 is 0 Å². The molecule has 1 unspecified atom stereocenters. The summed E-state index contributed by atoms with van der Waals surface area (Å²) in [4.78, 5) is 6.71. The minimum absolute atomic E-state index is 0.511. The van der Waals surface area contributed by atoms with Crippen LogP contribution in [0.1, 0.15) is 12.6 Å². The van der Waals surface area contributed by atoms with Gasteiger partial charge in [0, 0.05) is 31.5 Å². The molecular weight excluding hydrogens is 248 g/mol. The van der Waals surface area contributed by atoms with Crippen LogP contribution in [-0.2, 0) is 6.54 Å². The van der Waals surface area contributed by atoms with Gasteiger partial charge in [-0.05, 0) is 33.2 Å². The molecule has 0 aliphatic rings. The average molecular weight is 267 g/mol. The predicted octanol–water partition coefficient (Wildman–Crippen LogP) is 2.03. The second-order valence-corrected chi connectivity index (χ2v) is 5.22. The largest absolute Gasteiger partial charge is 0.310 e. The summed E-state index contributed by atoms with van der Waals surface area (Å²) >= 11 is 5.94. The van der Waals surface area contributed by atoms with Crippen molar-refractivity contribution in [3.05, 3.63) is 35.2 Å². The summed E-state index contributed by atoms with van der Waals surface area (Å²) < 4.78 is 1.95. The molecule has 5 heteroatoms. The predicted molar refractivity (Wildman–Crippen MR) is 75.1 cm³/mol. The molecule has 0 fully saturated rings. The van der Waals surface area contributed by atoms with Gasteiger partial charge < -0.3 is 14.6 Å². The van der Waals surface area contributed by atoms with Gasteiger partial charge in [0.25, 0.3) is 0 Å². The molecule has 0 radical (unpaired) electrons. The Balaban J connectivity index is 1.96. The maximum atomic E-state index is 5.94. The van der Waals surface area contributed by atoms with E-state index in [0.717, 1.165) is 29.5 Å². The van der Waals surface area contributed by atoms with Crippen LogP contribution < -0.4 is 5.32 Å². The van der Waals surface area contributed by atoms with Gasteiger partial charge in [0.1, 0.15) is 5.65 Å². The number of likely N-dealkylation sites (N-methyl/N-ethyl adjacent to an activating group) is 1. The molecule has 0 bridgehead atoms. The molecule has 2 heterocycles. The van der Waals surface area contributed by atoms with Gasteiger partial charge in [-0.15, -0.1) is 0 Å². The number of pyridine rings is 1. The summed E-state index contributed by atoms with van der Waals surface area (Å²) in [5, 5.41) is 4.13. The Kier molecular flexibility index (Phi) is 4.22. The van der Waals surface area contributed by atoms with E-state index in [4.69, 9.17) is 11.6 Å². The van der Waals surface area contributed by atoms with Crippen LogP contribution >= 0.6 is 11.6 Å². The molecule has 0 saturated carbocycles. The molecule has 2 aromatic heterocycles. The molecule has 18 heavy (non-hydrogen) atoms. The van der Waals surface area contributed by atoms with Gasteiger partial charge in [0.2, 0.25) is 0 Å². The zero-order valence-corrected chi connectivity index (χ0v) is 11.8. The van der Waals surface area contributed by atoms with Crippen LogP contribution in [0.2, 0.25) is 5.02 Å². The molecule has 0 aromatic carbocycles. The van der Waals surface area contributed by atoms with Crippen LogP contribution in [0.25, 0.3) is 5.65 Å². The van der Waals surface area contributed by atoms with Crippen molar-refractivity contribution >= 4 is 17.2 Å². The van der Waals surface area contributed by atoms with Crippen molar-refractivity contribution < 1.29 is 0 Å². The second kappa shape index (κ2) is 5.69. The van der Waals surface area contributed by atoms with E-state index in [9.17, 15) is 0 Å². The number of nitrogens with one attached hydrogen (secondary N) is 1. The lowest BCUT2D eigenvalue weighted by atomic mass is 10.3. The monoisotopic (exact) mass is 266 g/mol. The van der Waals surface area contributed by atoms with Gasteiger partial charge in [0.05, 0.1) is 10.7 Å². The van der Waals surface area contributed by atoms with Gasteiger partial charge in [-0.1, -0.05) is 11.6 Å². The summed E-state index contributed by atoms with van der Waals surface area (Å²) in [6.45, 7) is 3.91. The highest BCUT2D eigenvalue weighted by atomic mass is 35.5. The van der Waals surface area contributed by atoms with Gasteiger partial charge in [-0.2, -0.15) is 0 Å². The van der Waals surface area contributed by atoms with Crippen LogP contribution in [-0.4, -0.2) is 41.0 Å². The number of fused-ring (bicyclic) bond motifs is 1. The van der Waals surface area contributed by atoms with E-state index in [0.29, 0.717) is 6.04 Å². The van der Waals surface area contributed by atoms with Gasteiger partial charge in [-0.3, -0.25) is 0 Å². The minimum Gasteiger partial charge on any atom is -0.310 e. The fraction of sp³-hybridized carbons (Fsp3) is 0.462. The molecule has 0 saturated heterocycles. The van der Waals surface area contributed by atoms with Crippen LogP contribution in [0.3, 0.4) is 0 Å². The van der Waals surface area contributed by atoms with Gasteiger partial charge >= 0.3 is 0 Å². The third-order valence-electron chi connectivity index (χ3n) is 3.09.